The van der Waals surface area contributed by atoms with Crippen molar-refractivity contribution in [2.75, 3.05) is 5.73 Å². The van der Waals surface area contributed by atoms with Gasteiger partial charge in [-0.15, -0.1) is 0 Å². The molecule has 0 fully saturated rings. The highest BCUT2D eigenvalue weighted by Crippen LogP contribution is 2.17. The molecular weight excluding hydrogens is 204 g/mol. The predicted molar refractivity (Wildman–Crippen MR) is 59.3 cm³/mol. The van der Waals surface area contributed by atoms with Crippen LogP contribution < -0.4 is 5.73 Å². The summed E-state index contributed by atoms with van der Waals surface area (Å²) in [6.07, 6.45) is 6.05. The number of pyridine rings is 1. The van der Waals surface area contributed by atoms with Crippen LogP contribution in [0, 0.1) is 0 Å². The summed E-state index contributed by atoms with van der Waals surface area (Å²) in [5, 5.41) is 9.89. The second-order valence-electron chi connectivity index (χ2n) is 3.40. The molecule has 0 amide bonds. The Hall–Kier alpha value is -2.01. The molecule has 0 bridgehead atoms. The van der Waals surface area contributed by atoms with Gasteiger partial charge in [-0.25, -0.2) is 9.97 Å². The number of rotatable bonds is 3. The van der Waals surface area contributed by atoms with Crippen molar-refractivity contribution in [2.45, 2.75) is 12.5 Å². The van der Waals surface area contributed by atoms with Gasteiger partial charge in [0.2, 0.25) is 0 Å². The van der Waals surface area contributed by atoms with Crippen LogP contribution >= 0.6 is 0 Å². The topological polar surface area (TPSA) is 84.9 Å². The van der Waals surface area contributed by atoms with E-state index in [2.05, 4.69) is 15.0 Å². The number of nitrogens with zero attached hydrogens (tertiary/aromatic N) is 3. The smallest absolute Gasteiger partial charge is 0.157 e. The van der Waals surface area contributed by atoms with Crippen LogP contribution in [0.4, 0.5) is 5.69 Å². The number of aliphatic hydroxyl groups excluding tert-OH is 1. The molecule has 5 nitrogen and oxygen atoms in total. The monoisotopic (exact) mass is 216 g/mol. The lowest BCUT2D eigenvalue weighted by atomic mass is 10.1. The largest absolute Gasteiger partial charge is 0.398 e. The molecule has 2 aromatic heterocycles. The zero-order valence-electron chi connectivity index (χ0n) is 8.61. The third kappa shape index (κ3) is 2.32. The van der Waals surface area contributed by atoms with Crippen LogP contribution in [0.5, 0.6) is 0 Å². The van der Waals surface area contributed by atoms with Gasteiger partial charge in [0.25, 0.3) is 0 Å². The van der Waals surface area contributed by atoms with Crippen molar-refractivity contribution < 1.29 is 5.11 Å². The fourth-order valence-corrected chi connectivity index (χ4v) is 1.39. The normalized spacial score (nSPS) is 12.3. The summed E-state index contributed by atoms with van der Waals surface area (Å²) in [7, 11) is 0. The molecule has 1 atom stereocenters. The molecule has 0 aliphatic rings. The van der Waals surface area contributed by atoms with Crippen molar-refractivity contribution in [1.82, 2.24) is 15.0 Å². The second-order valence-corrected chi connectivity index (χ2v) is 3.40. The molecule has 0 saturated heterocycles. The molecule has 0 aliphatic heterocycles. The molecule has 0 saturated carbocycles. The number of aromatic nitrogens is 3. The molecule has 0 aliphatic carbocycles. The van der Waals surface area contributed by atoms with Crippen LogP contribution in [0.2, 0.25) is 0 Å². The van der Waals surface area contributed by atoms with Crippen molar-refractivity contribution in [3.8, 4) is 0 Å². The fraction of sp³-hybridized carbons (Fsp3) is 0.182. The number of nitrogen functional groups attached to an aromatic ring is 1. The molecule has 0 spiro atoms. The Labute approximate surface area is 93.0 Å². The van der Waals surface area contributed by atoms with E-state index in [1.54, 1.807) is 36.9 Å². The van der Waals surface area contributed by atoms with Gasteiger partial charge in [0.15, 0.2) is 5.82 Å². The van der Waals surface area contributed by atoms with Crippen LogP contribution in [0.25, 0.3) is 0 Å². The molecule has 2 aromatic rings. The van der Waals surface area contributed by atoms with Crippen LogP contribution in [-0.4, -0.2) is 20.1 Å². The molecule has 2 heterocycles. The lowest BCUT2D eigenvalue weighted by molar-refractivity contribution is 0.168. The summed E-state index contributed by atoms with van der Waals surface area (Å²) < 4.78 is 0. The summed E-state index contributed by atoms with van der Waals surface area (Å²) >= 11 is 0. The minimum absolute atomic E-state index is 0.365. The Kier molecular flexibility index (Phi) is 3.07. The lowest BCUT2D eigenvalue weighted by Gasteiger charge is -2.09. The van der Waals surface area contributed by atoms with Gasteiger partial charge in [-0.3, -0.25) is 4.98 Å². The van der Waals surface area contributed by atoms with Gasteiger partial charge in [-0.1, -0.05) is 0 Å². The van der Waals surface area contributed by atoms with Gasteiger partial charge >= 0.3 is 0 Å². The zero-order chi connectivity index (χ0) is 11.4. The van der Waals surface area contributed by atoms with Crippen molar-refractivity contribution in [2.24, 2.45) is 0 Å². The van der Waals surface area contributed by atoms with Crippen LogP contribution in [-0.2, 0) is 6.42 Å². The average molecular weight is 216 g/mol. The first-order valence-corrected chi connectivity index (χ1v) is 4.90. The van der Waals surface area contributed by atoms with Crippen molar-refractivity contribution in [3.63, 3.8) is 0 Å². The van der Waals surface area contributed by atoms with E-state index in [0.29, 0.717) is 17.9 Å². The van der Waals surface area contributed by atoms with E-state index in [0.717, 1.165) is 5.56 Å². The highest BCUT2D eigenvalue weighted by Gasteiger charge is 2.12. The molecule has 16 heavy (non-hydrogen) atoms. The van der Waals surface area contributed by atoms with Crippen molar-refractivity contribution in [1.29, 1.82) is 0 Å². The Morgan fingerprint density at radius 1 is 1.25 bits per heavy atom. The van der Waals surface area contributed by atoms with Crippen LogP contribution in [0.3, 0.4) is 0 Å². The maximum Gasteiger partial charge on any atom is 0.157 e. The van der Waals surface area contributed by atoms with Gasteiger partial charge in [-0.05, 0) is 17.7 Å². The van der Waals surface area contributed by atoms with Crippen LogP contribution in [0.1, 0.15) is 17.5 Å². The third-order valence-electron chi connectivity index (χ3n) is 2.24. The molecule has 3 N–H and O–H groups in total. The summed E-state index contributed by atoms with van der Waals surface area (Å²) in [5.74, 6) is 0.394. The highest BCUT2D eigenvalue weighted by molar-refractivity contribution is 5.44. The minimum atomic E-state index is -0.757. The lowest BCUT2D eigenvalue weighted by Crippen LogP contribution is -2.08. The zero-order valence-corrected chi connectivity index (χ0v) is 8.61. The quantitative estimate of drug-likeness (QED) is 0.790. The highest BCUT2D eigenvalue weighted by atomic mass is 16.3. The Morgan fingerprint density at radius 3 is 2.69 bits per heavy atom. The number of hydrogen-bond acceptors (Lipinski definition) is 5. The van der Waals surface area contributed by atoms with Gasteiger partial charge in [0, 0.05) is 36.9 Å². The van der Waals surface area contributed by atoms with Crippen molar-refractivity contribution in [3.05, 3.63) is 48.3 Å². The van der Waals surface area contributed by atoms with E-state index < -0.39 is 6.10 Å². The second kappa shape index (κ2) is 4.67. The van der Waals surface area contributed by atoms with E-state index in [9.17, 15) is 5.11 Å². The van der Waals surface area contributed by atoms with E-state index in [4.69, 9.17) is 5.73 Å². The molecular formula is C11H12N4O. The summed E-state index contributed by atoms with van der Waals surface area (Å²) in [6, 6.07) is 3.41. The van der Waals surface area contributed by atoms with E-state index in [1.807, 2.05) is 0 Å². The molecule has 2 rings (SSSR count). The number of anilines is 1. The van der Waals surface area contributed by atoms with E-state index in [-0.39, 0.29) is 0 Å². The Bertz CT molecular complexity index is 461. The maximum atomic E-state index is 9.89. The first-order chi connectivity index (χ1) is 7.77. The van der Waals surface area contributed by atoms with Gasteiger partial charge in [-0.2, -0.15) is 0 Å². The first kappa shape index (κ1) is 10.5. The molecule has 82 valence electrons. The summed E-state index contributed by atoms with van der Waals surface area (Å²) in [5.41, 5.74) is 7.16. The van der Waals surface area contributed by atoms with E-state index in [1.165, 1.54) is 0 Å². The SMILES string of the molecule is Nc1ccncc1CC(O)c1ncccn1. The summed E-state index contributed by atoms with van der Waals surface area (Å²) in [4.78, 5) is 11.9. The van der Waals surface area contributed by atoms with Gasteiger partial charge < -0.3 is 10.8 Å². The van der Waals surface area contributed by atoms with Gasteiger partial charge in [0.05, 0.1) is 0 Å². The third-order valence-corrected chi connectivity index (χ3v) is 2.24. The number of hydrogen-bond donors (Lipinski definition) is 2. The van der Waals surface area contributed by atoms with Crippen LogP contribution in [0.15, 0.2) is 36.9 Å². The first-order valence-electron chi connectivity index (χ1n) is 4.90. The molecule has 5 heteroatoms. The Morgan fingerprint density at radius 2 is 2.00 bits per heavy atom. The van der Waals surface area contributed by atoms with Gasteiger partial charge in [0.1, 0.15) is 6.10 Å². The standard InChI is InChI=1S/C11H12N4O/c12-9-2-5-13-7-8(9)6-10(16)11-14-3-1-4-15-11/h1-5,7,10,16H,6H2,(H2,12,13). The van der Waals surface area contributed by atoms with Crippen molar-refractivity contribution >= 4 is 5.69 Å². The van der Waals surface area contributed by atoms with E-state index >= 15 is 0 Å². The molecule has 0 aromatic carbocycles. The number of nitrogens with two attached hydrogens (primary N) is 1. The average Bonchev–Trinajstić information content (AvgIpc) is 2.33. The fourth-order valence-electron chi connectivity index (χ4n) is 1.39. The number of aliphatic hydroxyl groups is 1. The minimum Gasteiger partial charge on any atom is -0.398 e. The summed E-state index contributed by atoms with van der Waals surface area (Å²) in [6.45, 7) is 0. The maximum absolute atomic E-state index is 9.89. The predicted octanol–water partition coefficient (Wildman–Crippen LogP) is 0.730. The molecule has 1 unspecified atom stereocenters. The molecule has 0 radical (unpaired) electrons. The Balaban J connectivity index is 2.14.